The van der Waals surface area contributed by atoms with Gasteiger partial charge in [-0.25, -0.2) is 9.69 Å². The molecule has 0 saturated heterocycles. The molecule has 3 aromatic rings. The molecule has 0 aliphatic carbocycles. The number of hydrogen-bond donors (Lipinski definition) is 1. The number of imide groups is 1. The number of rotatable bonds is 6. The molecule has 0 saturated carbocycles. The van der Waals surface area contributed by atoms with Crippen molar-refractivity contribution >= 4 is 35.1 Å². The van der Waals surface area contributed by atoms with E-state index >= 15 is 0 Å². The second-order valence-corrected chi connectivity index (χ2v) is 7.70. The number of benzene rings is 2. The molecular formula is C24H22N4O5. The fourth-order valence-electron chi connectivity index (χ4n) is 3.50. The first-order valence-electron chi connectivity index (χ1n) is 10.5. The van der Waals surface area contributed by atoms with E-state index in [2.05, 4.69) is 10.4 Å². The molecule has 3 amide bonds. The van der Waals surface area contributed by atoms with Gasteiger partial charge in [-0.2, -0.15) is 5.10 Å². The Morgan fingerprint density at radius 2 is 1.70 bits per heavy atom. The lowest BCUT2D eigenvalue weighted by molar-refractivity contribution is 0.0371. The summed E-state index contributed by atoms with van der Waals surface area (Å²) in [6.45, 7) is 5.78. The lowest BCUT2D eigenvalue weighted by Crippen LogP contribution is -2.29. The third kappa shape index (κ3) is 4.12. The molecule has 2 aromatic carbocycles. The number of nitrogens with one attached hydrogen (secondary N) is 1. The first-order valence-corrected chi connectivity index (χ1v) is 10.5. The van der Waals surface area contributed by atoms with Crippen molar-refractivity contribution in [1.82, 2.24) is 9.78 Å². The lowest BCUT2D eigenvalue weighted by atomic mass is 10.1. The highest BCUT2D eigenvalue weighted by Gasteiger charge is 2.36. The minimum atomic E-state index is -0.646. The van der Waals surface area contributed by atoms with Crippen molar-refractivity contribution in [2.75, 3.05) is 10.2 Å². The minimum Gasteiger partial charge on any atom is -0.458 e. The largest absolute Gasteiger partial charge is 0.458 e. The van der Waals surface area contributed by atoms with Gasteiger partial charge in [-0.15, -0.1) is 0 Å². The Kier molecular flexibility index (Phi) is 5.78. The van der Waals surface area contributed by atoms with Gasteiger partial charge in [0.1, 0.15) is 0 Å². The Morgan fingerprint density at radius 1 is 1.03 bits per heavy atom. The quantitative estimate of drug-likeness (QED) is 0.458. The Hall–Kier alpha value is -4.27. The van der Waals surface area contributed by atoms with Crippen LogP contribution in [0.3, 0.4) is 0 Å². The summed E-state index contributed by atoms with van der Waals surface area (Å²) in [6.07, 6.45) is 1.20. The minimum absolute atomic E-state index is 0.00426. The molecule has 1 N–H and O–H groups in total. The van der Waals surface area contributed by atoms with E-state index in [-0.39, 0.29) is 28.7 Å². The molecule has 4 rings (SSSR count). The molecule has 0 spiro atoms. The van der Waals surface area contributed by atoms with Crippen molar-refractivity contribution in [3.63, 3.8) is 0 Å². The molecule has 1 aliphatic rings. The van der Waals surface area contributed by atoms with Crippen LogP contribution in [0.5, 0.6) is 0 Å². The molecule has 2 heterocycles. The molecule has 0 bridgehead atoms. The summed E-state index contributed by atoms with van der Waals surface area (Å²) in [5.41, 5.74) is 1.32. The van der Waals surface area contributed by atoms with Crippen molar-refractivity contribution < 1.29 is 23.9 Å². The summed E-state index contributed by atoms with van der Waals surface area (Å²) in [7, 11) is 0. The molecule has 1 aliphatic heterocycles. The molecule has 33 heavy (non-hydrogen) atoms. The maximum absolute atomic E-state index is 13.0. The molecule has 0 radical (unpaired) electrons. The number of ether oxygens (including phenoxy) is 1. The van der Waals surface area contributed by atoms with Gasteiger partial charge in [0.25, 0.3) is 17.7 Å². The van der Waals surface area contributed by atoms with Crippen LogP contribution < -0.4 is 10.2 Å². The Balaban J connectivity index is 1.60. The number of nitrogens with zero attached hydrogens (tertiary/aromatic N) is 3. The van der Waals surface area contributed by atoms with Crippen LogP contribution in [0, 0.1) is 0 Å². The number of fused-ring (bicyclic) bond motifs is 1. The van der Waals surface area contributed by atoms with Crippen LogP contribution in [0.2, 0.25) is 0 Å². The molecule has 9 heteroatoms. The van der Waals surface area contributed by atoms with Crippen molar-refractivity contribution in [2.24, 2.45) is 0 Å². The van der Waals surface area contributed by atoms with Crippen LogP contribution in [-0.4, -0.2) is 39.6 Å². The van der Waals surface area contributed by atoms with E-state index in [1.54, 1.807) is 62.5 Å². The second-order valence-electron chi connectivity index (χ2n) is 7.70. The molecule has 9 nitrogen and oxygen atoms in total. The van der Waals surface area contributed by atoms with Crippen LogP contribution in [0.1, 0.15) is 62.3 Å². The fraction of sp³-hybridized carbons (Fsp3) is 0.208. The van der Waals surface area contributed by atoms with Crippen LogP contribution in [0.25, 0.3) is 0 Å². The third-order valence-corrected chi connectivity index (χ3v) is 5.03. The van der Waals surface area contributed by atoms with Crippen molar-refractivity contribution in [3.8, 4) is 0 Å². The van der Waals surface area contributed by atoms with E-state index in [0.29, 0.717) is 17.7 Å². The van der Waals surface area contributed by atoms with Gasteiger partial charge in [0.15, 0.2) is 5.69 Å². The van der Waals surface area contributed by atoms with Gasteiger partial charge in [-0.3, -0.25) is 19.1 Å². The summed E-state index contributed by atoms with van der Waals surface area (Å²) in [5, 5.41) is 6.86. The zero-order valence-corrected chi connectivity index (χ0v) is 18.4. The maximum Gasteiger partial charge on any atom is 0.361 e. The van der Waals surface area contributed by atoms with Crippen LogP contribution in [0.4, 0.5) is 11.4 Å². The van der Waals surface area contributed by atoms with E-state index < -0.39 is 23.7 Å². The Morgan fingerprint density at radius 3 is 2.30 bits per heavy atom. The van der Waals surface area contributed by atoms with E-state index in [0.717, 1.165) is 4.90 Å². The van der Waals surface area contributed by atoms with Gasteiger partial charge in [0.05, 0.1) is 28.6 Å². The summed E-state index contributed by atoms with van der Waals surface area (Å²) < 4.78 is 6.73. The van der Waals surface area contributed by atoms with Gasteiger partial charge >= 0.3 is 5.97 Å². The number of hydrogen-bond acceptors (Lipinski definition) is 6. The van der Waals surface area contributed by atoms with E-state index in [4.69, 9.17) is 4.74 Å². The van der Waals surface area contributed by atoms with Crippen molar-refractivity contribution in [3.05, 3.63) is 77.1 Å². The maximum atomic E-state index is 13.0. The standard InChI is InChI=1S/C24H22N4O5/c1-4-27-13-19(20(26-27)24(32)33-14(2)3)25-21(29)15-8-7-9-16(12-15)28-22(30)17-10-5-6-11-18(17)23(28)31/h5-14H,4H2,1-3H3,(H,25,29). The summed E-state index contributed by atoms with van der Waals surface area (Å²) in [4.78, 5) is 51.9. The number of aromatic nitrogens is 2. The molecule has 1 aromatic heterocycles. The van der Waals surface area contributed by atoms with E-state index in [1.807, 2.05) is 6.92 Å². The predicted octanol–water partition coefficient (Wildman–Crippen LogP) is 3.52. The van der Waals surface area contributed by atoms with E-state index in [9.17, 15) is 19.2 Å². The van der Waals surface area contributed by atoms with Gasteiger partial charge < -0.3 is 10.1 Å². The Bertz CT molecular complexity index is 1240. The zero-order chi connectivity index (χ0) is 23.7. The normalized spacial score (nSPS) is 12.8. The topological polar surface area (TPSA) is 111 Å². The number of carbonyl (C=O) groups is 4. The van der Waals surface area contributed by atoms with Crippen molar-refractivity contribution in [1.29, 1.82) is 0 Å². The van der Waals surface area contributed by atoms with Crippen molar-refractivity contribution in [2.45, 2.75) is 33.4 Å². The molecule has 0 unspecified atom stereocenters. The van der Waals surface area contributed by atoms with Crippen LogP contribution in [0.15, 0.2) is 54.7 Å². The SMILES string of the molecule is CCn1cc(NC(=O)c2cccc(N3C(=O)c4ccccc4C3=O)c2)c(C(=O)OC(C)C)n1. The molecule has 168 valence electrons. The predicted molar refractivity (Wildman–Crippen MR) is 120 cm³/mol. The highest BCUT2D eigenvalue weighted by atomic mass is 16.5. The highest BCUT2D eigenvalue weighted by molar-refractivity contribution is 6.34. The average Bonchev–Trinajstić information content (AvgIpc) is 3.32. The summed E-state index contributed by atoms with van der Waals surface area (Å²) >= 11 is 0. The number of carbonyl (C=O) groups excluding carboxylic acids is 4. The summed E-state index contributed by atoms with van der Waals surface area (Å²) in [6, 6.07) is 12.7. The Labute approximate surface area is 190 Å². The lowest BCUT2D eigenvalue weighted by Gasteiger charge is -2.15. The summed E-state index contributed by atoms with van der Waals surface area (Å²) in [5.74, 6) is -2.07. The number of aryl methyl sites for hydroxylation is 1. The third-order valence-electron chi connectivity index (χ3n) is 5.03. The highest BCUT2D eigenvalue weighted by Crippen LogP contribution is 2.29. The molecular weight excluding hydrogens is 424 g/mol. The monoisotopic (exact) mass is 446 g/mol. The average molecular weight is 446 g/mol. The second kappa shape index (κ2) is 8.70. The molecule has 0 fully saturated rings. The van der Waals surface area contributed by atoms with Gasteiger partial charge in [-0.1, -0.05) is 18.2 Å². The van der Waals surface area contributed by atoms with Crippen LogP contribution >= 0.6 is 0 Å². The first kappa shape index (κ1) is 21.9. The van der Waals surface area contributed by atoms with Gasteiger partial charge in [-0.05, 0) is 51.1 Å². The van der Waals surface area contributed by atoms with Gasteiger partial charge in [0, 0.05) is 18.3 Å². The first-order chi connectivity index (χ1) is 15.8. The fourth-order valence-corrected chi connectivity index (χ4v) is 3.50. The van der Waals surface area contributed by atoms with Crippen LogP contribution in [-0.2, 0) is 11.3 Å². The number of anilines is 2. The number of amides is 3. The number of esters is 1. The zero-order valence-electron chi connectivity index (χ0n) is 18.4. The van der Waals surface area contributed by atoms with Gasteiger partial charge in [0.2, 0.25) is 0 Å². The molecule has 0 atom stereocenters. The smallest absolute Gasteiger partial charge is 0.361 e. The van der Waals surface area contributed by atoms with E-state index in [1.165, 1.54) is 10.7 Å².